The quantitative estimate of drug-likeness (QED) is 0.665. The largest absolute Gasteiger partial charge is 0.469 e. The van der Waals surface area contributed by atoms with E-state index in [1.54, 1.807) is 18.4 Å². The zero-order valence-electron chi connectivity index (χ0n) is 8.58. The molecule has 86 valence electrons. The van der Waals surface area contributed by atoms with E-state index in [0.29, 0.717) is 29.2 Å². The van der Waals surface area contributed by atoms with Crippen molar-refractivity contribution in [3.8, 4) is 5.88 Å². The summed E-state index contributed by atoms with van der Waals surface area (Å²) >= 11 is 5.85. The van der Waals surface area contributed by atoms with Gasteiger partial charge in [0.05, 0.1) is 6.26 Å². The topological polar surface area (TPSA) is 65.5 Å². The van der Waals surface area contributed by atoms with Gasteiger partial charge in [-0.25, -0.2) is 0 Å². The SMILES string of the molecule is Clc1cc(OCc2ccco2)n2ncnc2n1. The van der Waals surface area contributed by atoms with Gasteiger partial charge in [0.2, 0.25) is 5.88 Å². The van der Waals surface area contributed by atoms with Crippen molar-refractivity contribution >= 4 is 17.4 Å². The lowest BCUT2D eigenvalue weighted by molar-refractivity contribution is 0.254. The van der Waals surface area contributed by atoms with Gasteiger partial charge in [-0.15, -0.1) is 0 Å². The van der Waals surface area contributed by atoms with Crippen molar-refractivity contribution in [3.05, 3.63) is 41.7 Å². The molecule has 0 N–H and O–H groups in total. The minimum Gasteiger partial charge on any atom is -0.469 e. The second-order valence-electron chi connectivity index (χ2n) is 3.26. The molecule has 0 spiro atoms. The summed E-state index contributed by atoms with van der Waals surface area (Å²) in [4.78, 5) is 7.93. The van der Waals surface area contributed by atoms with Gasteiger partial charge in [-0.2, -0.15) is 19.6 Å². The van der Waals surface area contributed by atoms with E-state index < -0.39 is 0 Å². The van der Waals surface area contributed by atoms with Crippen molar-refractivity contribution in [2.45, 2.75) is 6.61 Å². The van der Waals surface area contributed by atoms with Crippen LogP contribution in [0.1, 0.15) is 5.76 Å². The van der Waals surface area contributed by atoms with Gasteiger partial charge in [0, 0.05) is 6.07 Å². The Kier molecular flexibility index (Phi) is 2.41. The number of aromatic nitrogens is 4. The first kappa shape index (κ1) is 10.1. The predicted molar refractivity (Wildman–Crippen MR) is 58.8 cm³/mol. The van der Waals surface area contributed by atoms with Crippen LogP contribution in [0.4, 0.5) is 0 Å². The number of halogens is 1. The molecule has 0 unspecified atom stereocenters. The van der Waals surface area contributed by atoms with Crippen LogP contribution in [-0.4, -0.2) is 19.6 Å². The van der Waals surface area contributed by atoms with Gasteiger partial charge in [0.25, 0.3) is 5.78 Å². The third-order valence-electron chi connectivity index (χ3n) is 2.13. The third kappa shape index (κ3) is 1.94. The molecule has 0 aromatic carbocycles. The molecule has 3 aromatic rings. The highest BCUT2D eigenvalue weighted by atomic mass is 35.5. The van der Waals surface area contributed by atoms with Gasteiger partial charge in [0.15, 0.2) is 0 Å². The second-order valence-corrected chi connectivity index (χ2v) is 3.64. The number of rotatable bonds is 3. The fourth-order valence-electron chi connectivity index (χ4n) is 1.40. The first-order chi connectivity index (χ1) is 8.33. The van der Waals surface area contributed by atoms with Crippen LogP contribution in [0.15, 0.2) is 35.2 Å². The molecule has 0 bridgehead atoms. The maximum Gasteiger partial charge on any atom is 0.256 e. The Bertz CT molecular complexity index is 635. The number of hydrogen-bond acceptors (Lipinski definition) is 5. The Labute approximate surface area is 101 Å². The summed E-state index contributed by atoms with van der Waals surface area (Å²) in [6.45, 7) is 0.294. The molecule has 0 radical (unpaired) electrons. The summed E-state index contributed by atoms with van der Waals surface area (Å²) in [6, 6.07) is 5.19. The fourth-order valence-corrected chi connectivity index (χ4v) is 1.57. The molecular formula is C10H7ClN4O2. The van der Waals surface area contributed by atoms with Crippen LogP contribution in [0.3, 0.4) is 0 Å². The van der Waals surface area contributed by atoms with Crippen LogP contribution in [0, 0.1) is 0 Å². The lowest BCUT2D eigenvalue weighted by Crippen LogP contribution is -2.02. The molecule has 0 fully saturated rings. The zero-order chi connectivity index (χ0) is 11.7. The monoisotopic (exact) mass is 250 g/mol. The first-order valence-electron chi connectivity index (χ1n) is 4.84. The van der Waals surface area contributed by atoms with Gasteiger partial charge in [-0.3, -0.25) is 0 Å². The van der Waals surface area contributed by atoms with Crippen LogP contribution in [0.2, 0.25) is 5.15 Å². The molecule has 3 rings (SSSR count). The van der Waals surface area contributed by atoms with Crippen molar-refractivity contribution in [1.82, 2.24) is 19.6 Å². The van der Waals surface area contributed by atoms with Crippen LogP contribution in [-0.2, 0) is 6.61 Å². The molecule has 0 aliphatic rings. The Morgan fingerprint density at radius 1 is 1.47 bits per heavy atom. The van der Waals surface area contributed by atoms with Gasteiger partial charge in [-0.05, 0) is 12.1 Å². The molecule has 0 saturated carbocycles. The van der Waals surface area contributed by atoms with Gasteiger partial charge in [-0.1, -0.05) is 11.6 Å². The highest BCUT2D eigenvalue weighted by Gasteiger charge is 2.08. The van der Waals surface area contributed by atoms with Gasteiger partial charge in [0.1, 0.15) is 23.8 Å². The van der Waals surface area contributed by atoms with E-state index in [0.717, 1.165) is 0 Å². The molecule has 0 aliphatic heterocycles. The van der Waals surface area contributed by atoms with Crippen molar-refractivity contribution < 1.29 is 9.15 Å². The van der Waals surface area contributed by atoms with Crippen molar-refractivity contribution in [3.63, 3.8) is 0 Å². The maximum atomic E-state index is 5.85. The predicted octanol–water partition coefficient (Wildman–Crippen LogP) is 1.95. The number of furan rings is 1. The lowest BCUT2D eigenvalue weighted by atomic mass is 10.5. The third-order valence-corrected chi connectivity index (χ3v) is 2.32. The van der Waals surface area contributed by atoms with E-state index in [4.69, 9.17) is 20.8 Å². The average Bonchev–Trinajstić information content (AvgIpc) is 2.95. The van der Waals surface area contributed by atoms with Gasteiger partial charge < -0.3 is 9.15 Å². The Morgan fingerprint density at radius 3 is 3.24 bits per heavy atom. The summed E-state index contributed by atoms with van der Waals surface area (Å²) in [6.07, 6.45) is 2.97. The zero-order valence-corrected chi connectivity index (χ0v) is 9.33. The van der Waals surface area contributed by atoms with E-state index in [-0.39, 0.29) is 0 Å². The number of ether oxygens (including phenoxy) is 1. The van der Waals surface area contributed by atoms with E-state index in [1.807, 2.05) is 6.07 Å². The fraction of sp³-hybridized carbons (Fsp3) is 0.100. The molecular weight excluding hydrogens is 244 g/mol. The summed E-state index contributed by atoms with van der Waals surface area (Å²) in [7, 11) is 0. The maximum absolute atomic E-state index is 5.85. The Hall–Kier alpha value is -2.08. The highest BCUT2D eigenvalue weighted by molar-refractivity contribution is 6.29. The highest BCUT2D eigenvalue weighted by Crippen LogP contribution is 2.17. The van der Waals surface area contributed by atoms with Crippen LogP contribution >= 0.6 is 11.6 Å². The second kappa shape index (κ2) is 4.06. The van der Waals surface area contributed by atoms with Crippen LogP contribution < -0.4 is 4.74 Å². The standard InChI is InChI=1S/C10H7ClN4O2/c11-8-4-9(15-10(14-8)12-6-13-15)17-5-7-2-1-3-16-7/h1-4,6H,5H2. The number of fused-ring (bicyclic) bond motifs is 1. The molecule has 0 saturated heterocycles. The smallest absolute Gasteiger partial charge is 0.256 e. The molecule has 3 aromatic heterocycles. The Morgan fingerprint density at radius 2 is 2.41 bits per heavy atom. The summed E-state index contributed by atoms with van der Waals surface area (Å²) in [5, 5.41) is 4.29. The molecule has 17 heavy (non-hydrogen) atoms. The molecule has 3 heterocycles. The lowest BCUT2D eigenvalue weighted by Gasteiger charge is -2.05. The van der Waals surface area contributed by atoms with Crippen molar-refractivity contribution in [2.75, 3.05) is 0 Å². The Balaban J connectivity index is 1.91. The molecule has 0 aliphatic carbocycles. The van der Waals surface area contributed by atoms with E-state index >= 15 is 0 Å². The summed E-state index contributed by atoms with van der Waals surface area (Å²) < 4.78 is 12.2. The van der Waals surface area contributed by atoms with E-state index in [1.165, 1.54) is 10.8 Å². The van der Waals surface area contributed by atoms with Crippen LogP contribution in [0.5, 0.6) is 5.88 Å². The first-order valence-corrected chi connectivity index (χ1v) is 5.22. The number of nitrogens with zero attached hydrogens (tertiary/aromatic N) is 4. The van der Waals surface area contributed by atoms with E-state index in [9.17, 15) is 0 Å². The molecule has 6 nitrogen and oxygen atoms in total. The molecule has 0 atom stereocenters. The van der Waals surface area contributed by atoms with Gasteiger partial charge >= 0.3 is 0 Å². The van der Waals surface area contributed by atoms with Crippen LogP contribution in [0.25, 0.3) is 5.78 Å². The van der Waals surface area contributed by atoms with Crippen molar-refractivity contribution in [2.24, 2.45) is 0 Å². The van der Waals surface area contributed by atoms with E-state index in [2.05, 4.69) is 15.1 Å². The minimum absolute atomic E-state index is 0.294. The normalized spacial score (nSPS) is 10.9. The molecule has 0 amide bonds. The summed E-state index contributed by atoms with van der Waals surface area (Å²) in [5.74, 6) is 1.58. The van der Waals surface area contributed by atoms with Crippen molar-refractivity contribution in [1.29, 1.82) is 0 Å². The average molecular weight is 251 g/mol. The summed E-state index contributed by atoms with van der Waals surface area (Å²) in [5.41, 5.74) is 0. The number of hydrogen-bond donors (Lipinski definition) is 0. The molecule has 7 heteroatoms. The minimum atomic E-state index is 0.294.